The van der Waals surface area contributed by atoms with Crippen LogP contribution in [-0.2, 0) is 0 Å². The normalized spacial score (nSPS) is 14.6. The number of anilines is 1. The van der Waals surface area contributed by atoms with E-state index in [1.807, 2.05) is 47.4 Å². The molecule has 5 nitrogen and oxygen atoms in total. The Hall–Kier alpha value is -2.31. The SMILES string of the molecule is CC(C)COc1ccc(C(=O)N2CCN(c3nc4ccc(Cl)cc4s3)CC2)cc1. The smallest absolute Gasteiger partial charge is 0.253 e. The monoisotopic (exact) mass is 429 g/mol. The molecule has 0 spiro atoms. The zero-order chi connectivity index (χ0) is 20.4. The number of carbonyl (C=O) groups excluding carboxylic acids is 1. The molecule has 4 rings (SSSR count). The van der Waals surface area contributed by atoms with Gasteiger partial charge in [0.15, 0.2) is 5.13 Å². The van der Waals surface area contributed by atoms with Crippen LogP contribution in [0.4, 0.5) is 5.13 Å². The number of carbonyl (C=O) groups is 1. The molecule has 0 atom stereocenters. The fourth-order valence-corrected chi connectivity index (χ4v) is 4.55. The summed E-state index contributed by atoms with van der Waals surface area (Å²) >= 11 is 7.73. The Balaban J connectivity index is 1.36. The van der Waals surface area contributed by atoms with Crippen molar-refractivity contribution in [2.45, 2.75) is 13.8 Å². The minimum absolute atomic E-state index is 0.0659. The second-order valence-corrected chi connectivity index (χ2v) is 9.06. The summed E-state index contributed by atoms with van der Waals surface area (Å²) in [4.78, 5) is 21.7. The Morgan fingerprint density at radius 2 is 1.86 bits per heavy atom. The van der Waals surface area contributed by atoms with E-state index in [0.717, 1.165) is 39.2 Å². The number of ether oxygens (including phenoxy) is 1. The van der Waals surface area contributed by atoms with E-state index < -0.39 is 0 Å². The summed E-state index contributed by atoms with van der Waals surface area (Å²) in [6, 6.07) is 13.2. The standard InChI is InChI=1S/C22H24ClN3O2S/c1-15(2)14-28-18-6-3-16(4-7-18)21(27)25-9-11-26(12-10-25)22-24-19-8-5-17(23)13-20(19)29-22/h3-8,13,15H,9-12,14H2,1-2H3. The number of thiazole rings is 1. The van der Waals surface area contributed by atoms with Gasteiger partial charge in [-0.2, -0.15) is 0 Å². The number of hydrogen-bond donors (Lipinski definition) is 0. The molecule has 0 unspecified atom stereocenters. The van der Waals surface area contributed by atoms with Crippen molar-refractivity contribution < 1.29 is 9.53 Å². The largest absolute Gasteiger partial charge is 0.493 e. The highest BCUT2D eigenvalue weighted by Gasteiger charge is 2.24. The molecule has 152 valence electrons. The van der Waals surface area contributed by atoms with E-state index in [9.17, 15) is 4.79 Å². The molecule has 1 aromatic heterocycles. The first-order chi connectivity index (χ1) is 14.0. The van der Waals surface area contributed by atoms with Gasteiger partial charge in [-0.1, -0.05) is 36.8 Å². The van der Waals surface area contributed by atoms with Gasteiger partial charge < -0.3 is 14.5 Å². The fraction of sp³-hybridized carbons (Fsp3) is 0.364. The van der Waals surface area contributed by atoms with Crippen molar-refractivity contribution >= 4 is 44.2 Å². The number of hydrogen-bond acceptors (Lipinski definition) is 5. The highest BCUT2D eigenvalue weighted by Crippen LogP contribution is 2.31. The van der Waals surface area contributed by atoms with Crippen LogP contribution in [0.2, 0.25) is 5.02 Å². The van der Waals surface area contributed by atoms with E-state index in [2.05, 4.69) is 18.7 Å². The second kappa shape index (κ2) is 8.59. The van der Waals surface area contributed by atoms with E-state index in [0.29, 0.717) is 31.2 Å². The molecule has 0 saturated carbocycles. The van der Waals surface area contributed by atoms with Crippen LogP contribution in [0.3, 0.4) is 0 Å². The molecular formula is C22H24ClN3O2S. The predicted molar refractivity (Wildman–Crippen MR) is 120 cm³/mol. The molecule has 1 amide bonds. The molecule has 1 aliphatic heterocycles. The molecule has 0 bridgehead atoms. The second-order valence-electron chi connectivity index (χ2n) is 7.62. The summed E-state index contributed by atoms with van der Waals surface area (Å²) in [5.74, 6) is 1.34. The van der Waals surface area contributed by atoms with Crippen LogP contribution in [0.25, 0.3) is 10.2 Å². The number of aromatic nitrogens is 1. The van der Waals surface area contributed by atoms with Crippen LogP contribution in [0.5, 0.6) is 5.75 Å². The molecule has 1 aliphatic rings. The predicted octanol–water partition coefficient (Wildman–Crippen LogP) is 4.95. The minimum atomic E-state index is 0.0659. The quantitative estimate of drug-likeness (QED) is 0.575. The van der Waals surface area contributed by atoms with Crippen molar-refractivity contribution in [3.05, 3.63) is 53.1 Å². The average Bonchev–Trinajstić information content (AvgIpc) is 3.15. The minimum Gasteiger partial charge on any atom is -0.493 e. The lowest BCUT2D eigenvalue weighted by atomic mass is 10.1. The van der Waals surface area contributed by atoms with E-state index in [1.165, 1.54) is 0 Å². The van der Waals surface area contributed by atoms with Crippen LogP contribution in [-0.4, -0.2) is 48.6 Å². The van der Waals surface area contributed by atoms with Crippen LogP contribution >= 0.6 is 22.9 Å². The third-order valence-electron chi connectivity index (χ3n) is 4.86. The Labute approximate surface area is 179 Å². The molecule has 29 heavy (non-hydrogen) atoms. The van der Waals surface area contributed by atoms with Crippen molar-refractivity contribution in [1.29, 1.82) is 0 Å². The first-order valence-electron chi connectivity index (χ1n) is 9.83. The van der Waals surface area contributed by atoms with Gasteiger partial charge in [0.2, 0.25) is 0 Å². The van der Waals surface area contributed by atoms with Gasteiger partial charge in [-0.3, -0.25) is 4.79 Å². The third-order valence-corrected chi connectivity index (χ3v) is 6.18. The van der Waals surface area contributed by atoms with Gasteiger partial charge >= 0.3 is 0 Å². The highest BCUT2D eigenvalue weighted by molar-refractivity contribution is 7.22. The lowest BCUT2D eigenvalue weighted by Gasteiger charge is -2.34. The average molecular weight is 430 g/mol. The lowest BCUT2D eigenvalue weighted by molar-refractivity contribution is 0.0746. The zero-order valence-electron chi connectivity index (χ0n) is 16.6. The van der Waals surface area contributed by atoms with Gasteiger partial charge in [0.05, 0.1) is 16.8 Å². The Morgan fingerprint density at radius 1 is 1.14 bits per heavy atom. The molecule has 0 N–H and O–H groups in total. The zero-order valence-corrected chi connectivity index (χ0v) is 18.2. The van der Waals surface area contributed by atoms with Gasteiger partial charge in [0.1, 0.15) is 5.75 Å². The summed E-state index contributed by atoms with van der Waals surface area (Å²) in [5.41, 5.74) is 1.66. The summed E-state index contributed by atoms with van der Waals surface area (Å²) in [5, 5.41) is 1.71. The molecule has 1 saturated heterocycles. The summed E-state index contributed by atoms with van der Waals surface area (Å²) in [6.45, 7) is 7.81. The Kier molecular flexibility index (Phi) is 5.92. The number of fused-ring (bicyclic) bond motifs is 1. The lowest BCUT2D eigenvalue weighted by Crippen LogP contribution is -2.48. The van der Waals surface area contributed by atoms with Gasteiger partial charge in [-0.15, -0.1) is 0 Å². The van der Waals surface area contributed by atoms with Crippen LogP contribution in [0, 0.1) is 5.92 Å². The van der Waals surface area contributed by atoms with Crippen molar-refractivity contribution in [3.63, 3.8) is 0 Å². The van der Waals surface area contributed by atoms with E-state index in [4.69, 9.17) is 21.3 Å². The van der Waals surface area contributed by atoms with E-state index in [1.54, 1.807) is 11.3 Å². The van der Waals surface area contributed by atoms with E-state index >= 15 is 0 Å². The van der Waals surface area contributed by atoms with Gasteiger partial charge in [0.25, 0.3) is 5.91 Å². The van der Waals surface area contributed by atoms with Gasteiger partial charge in [-0.05, 0) is 48.4 Å². The molecule has 7 heteroatoms. The highest BCUT2D eigenvalue weighted by atomic mass is 35.5. The molecule has 2 heterocycles. The maximum absolute atomic E-state index is 12.8. The van der Waals surface area contributed by atoms with E-state index in [-0.39, 0.29) is 5.91 Å². The maximum atomic E-state index is 12.8. The summed E-state index contributed by atoms with van der Waals surface area (Å²) in [6.07, 6.45) is 0. The van der Waals surface area contributed by atoms with Crippen molar-refractivity contribution in [2.24, 2.45) is 5.92 Å². The fourth-order valence-electron chi connectivity index (χ4n) is 3.26. The third kappa shape index (κ3) is 4.65. The first-order valence-corrected chi connectivity index (χ1v) is 11.0. The van der Waals surface area contributed by atoms with Gasteiger partial charge in [0, 0.05) is 36.8 Å². The summed E-state index contributed by atoms with van der Waals surface area (Å²) < 4.78 is 6.79. The van der Waals surface area contributed by atoms with Crippen LogP contribution in [0.15, 0.2) is 42.5 Å². The Bertz CT molecular complexity index is 995. The number of nitrogens with zero attached hydrogens (tertiary/aromatic N) is 3. The van der Waals surface area contributed by atoms with Crippen molar-refractivity contribution in [2.75, 3.05) is 37.7 Å². The molecule has 3 aromatic rings. The molecule has 2 aromatic carbocycles. The topological polar surface area (TPSA) is 45.7 Å². The van der Waals surface area contributed by atoms with Crippen molar-refractivity contribution in [1.82, 2.24) is 9.88 Å². The summed E-state index contributed by atoms with van der Waals surface area (Å²) in [7, 11) is 0. The number of piperazine rings is 1. The number of rotatable bonds is 5. The number of amides is 1. The van der Waals surface area contributed by atoms with Gasteiger partial charge in [-0.25, -0.2) is 4.98 Å². The molecule has 1 fully saturated rings. The van der Waals surface area contributed by atoms with Crippen LogP contribution < -0.4 is 9.64 Å². The Morgan fingerprint density at radius 3 is 2.55 bits per heavy atom. The molecular weight excluding hydrogens is 406 g/mol. The van der Waals surface area contributed by atoms with Crippen LogP contribution in [0.1, 0.15) is 24.2 Å². The van der Waals surface area contributed by atoms with Crippen molar-refractivity contribution in [3.8, 4) is 5.75 Å². The number of halogens is 1. The molecule has 0 radical (unpaired) electrons. The first kappa shape index (κ1) is 20.0. The maximum Gasteiger partial charge on any atom is 0.253 e. The number of benzene rings is 2. The molecule has 0 aliphatic carbocycles.